The molecule has 2 unspecified atom stereocenters. The van der Waals surface area contributed by atoms with E-state index in [2.05, 4.69) is 52.9 Å². The van der Waals surface area contributed by atoms with Gasteiger partial charge in [0, 0.05) is 16.6 Å². The predicted octanol–water partition coefficient (Wildman–Crippen LogP) is 3.47. The predicted molar refractivity (Wildman–Crippen MR) is 72.7 cm³/mol. The van der Waals surface area contributed by atoms with Gasteiger partial charge in [-0.2, -0.15) is 0 Å². The molecule has 16 heavy (non-hydrogen) atoms. The largest absolute Gasteiger partial charge is 0.308 e. The van der Waals surface area contributed by atoms with Crippen LogP contribution in [0, 0.1) is 0 Å². The van der Waals surface area contributed by atoms with E-state index in [-0.39, 0.29) is 0 Å². The third-order valence-electron chi connectivity index (χ3n) is 3.25. The molecule has 0 bridgehead atoms. The summed E-state index contributed by atoms with van der Waals surface area (Å²) in [6.45, 7) is 5.97. The summed E-state index contributed by atoms with van der Waals surface area (Å²) in [5.74, 6) is 0. The van der Waals surface area contributed by atoms with Crippen molar-refractivity contribution in [2.45, 2.75) is 38.3 Å². The maximum atomic E-state index is 3.81. The lowest BCUT2D eigenvalue weighted by molar-refractivity contribution is 0.438. The fraction of sp³-hybridized carbons (Fsp3) is 0.429. The Labute approximate surface area is 106 Å². The van der Waals surface area contributed by atoms with Crippen LogP contribution in [0.3, 0.4) is 0 Å². The molecule has 1 aromatic rings. The van der Waals surface area contributed by atoms with Crippen molar-refractivity contribution in [2.24, 2.45) is 0 Å². The van der Waals surface area contributed by atoms with E-state index in [9.17, 15) is 0 Å². The summed E-state index contributed by atoms with van der Waals surface area (Å²) in [5, 5.41) is 3.59. The molecule has 2 heteroatoms. The van der Waals surface area contributed by atoms with Crippen molar-refractivity contribution in [1.29, 1.82) is 0 Å². The first kappa shape index (κ1) is 11.9. The molecule has 0 heterocycles. The summed E-state index contributed by atoms with van der Waals surface area (Å²) >= 11 is 3.53. The fourth-order valence-corrected chi connectivity index (χ4v) is 2.71. The Kier molecular flexibility index (Phi) is 3.82. The molecule has 1 aliphatic carbocycles. The average Bonchev–Trinajstić information content (AvgIpc) is 2.29. The highest BCUT2D eigenvalue weighted by Gasteiger charge is 2.19. The van der Waals surface area contributed by atoms with Crippen LogP contribution in [-0.2, 0) is 12.8 Å². The molecular formula is C14H18BrN. The normalized spacial score (nSPS) is 21.2. The second-order valence-electron chi connectivity index (χ2n) is 4.54. The Hall–Kier alpha value is -0.600. The van der Waals surface area contributed by atoms with Gasteiger partial charge in [0.05, 0.1) is 0 Å². The van der Waals surface area contributed by atoms with Gasteiger partial charge in [0.1, 0.15) is 0 Å². The Balaban J connectivity index is 2.06. The van der Waals surface area contributed by atoms with Crippen LogP contribution in [0.4, 0.5) is 0 Å². The van der Waals surface area contributed by atoms with Crippen LogP contribution in [0.25, 0.3) is 0 Å². The highest BCUT2D eigenvalue weighted by Crippen LogP contribution is 2.24. The molecule has 2 rings (SSSR count). The van der Waals surface area contributed by atoms with E-state index in [1.807, 2.05) is 6.08 Å². The van der Waals surface area contributed by atoms with E-state index in [1.165, 1.54) is 28.4 Å². The van der Waals surface area contributed by atoms with Crippen LogP contribution in [0.2, 0.25) is 0 Å². The first-order valence-corrected chi connectivity index (χ1v) is 6.64. The SMILES string of the molecule is C=CC(C)NC1CCc2cc(Br)ccc2C1. The molecular weight excluding hydrogens is 262 g/mol. The molecule has 86 valence electrons. The number of rotatable bonds is 3. The van der Waals surface area contributed by atoms with Gasteiger partial charge in [-0.05, 0) is 49.4 Å². The number of hydrogen-bond acceptors (Lipinski definition) is 1. The minimum atomic E-state index is 0.405. The van der Waals surface area contributed by atoms with Crippen molar-refractivity contribution < 1.29 is 0 Å². The van der Waals surface area contributed by atoms with E-state index in [0.717, 1.165) is 6.42 Å². The van der Waals surface area contributed by atoms with Crippen LogP contribution in [0.15, 0.2) is 35.3 Å². The van der Waals surface area contributed by atoms with Gasteiger partial charge < -0.3 is 5.32 Å². The van der Waals surface area contributed by atoms with Crippen molar-refractivity contribution in [3.8, 4) is 0 Å². The summed E-state index contributed by atoms with van der Waals surface area (Å²) in [6.07, 6.45) is 5.51. The number of aryl methyl sites for hydroxylation is 1. The van der Waals surface area contributed by atoms with Crippen molar-refractivity contribution in [3.05, 3.63) is 46.5 Å². The fourth-order valence-electron chi connectivity index (χ4n) is 2.31. The lowest BCUT2D eigenvalue weighted by Gasteiger charge is -2.27. The summed E-state index contributed by atoms with van der Waals surface area (Å²) in [7, 11) is 0. The zero-order valence-electron chi connectivity index (χ0n) is 9.67. The van der Waals surface area contributed by atoms with Gasteiger partial charge in [-0.3, -0.25) is 0 Å². The molecule has 0 saturated heterocycles. The minimum Gasteiger partial charge on any atom is -0.308 e. The Morgan fingerprint density at radius 3 is 3.06 bits per heavy atom. The quantitative estimate of drug-likeness (QED) is 0.836. The summed E-state index contributed by atoms with van der Waals surface area (Å²) in [6, 6.07) is 7.63. The molecule has 0 radical (unpaired) electrons. The van der Waals surface area contributed by atoms with Crippen LogP contribution in [-0.4, -0.2) is 12.1 Å². The highest BCUT2D eigenvalue weighted by molar-refractivity contribution is 9.10. The Bertz CT molecular complexity index is 386. The van der Waals surface area contributed by atoms with E-state index in [0.29, 0.717) is 12.1 Å². The molecule has 1 aromatic carbocycles. The number of benzene rings is 1. The molecule has 0 amide bonds. The van der Waals surface area contributed by atoms with Crippen LogP contribution in [0.1, 0.15) is 24.5 Å². The molecule has 0 aromatic heterocycles. The summed E-state index contributed by atoms with van der Waals surface area (Å²) < 4.78 is 1.19. The first-order chi connectivity index (χ1) is 7.69. The van der Waals surface area contributed by atoms with Crippen molar-refractivity contribution >= 4 is 15.9 Å². The molecule has 0 saturated carbocycles. The van der Waals surface area contributed by atoms with Crippen molar-refractivity contribution in [3.63, 3.8) is 0 Å². The maximum absolute atomic E-state index is 3.81. The van der Waals surface area contributed by atoms with Gasteiger partial charge in [-0.1, -0.05) is 28.1 Å². The smallest absolute Gasteiger partial charge is 0.0221 e. The molecule has 1 aliphatic rings. The summed E-state index contributed by atoms with van der Waals surface area (Å²) in [4.78, 5) is 0. The van der Waals surface area contributed by atoms with Crippen LogP contribution in [0.5, 0.6) is 0 Å². The lowest BCUT2D eigenvalue weighted by atomic mass is 9.88. The minimum absolute atomic E-state index is 0.405. The van der Waals surface area contributed by atoms with Gasteiger partial charge >= 0.3 is 0 Å². The third kappa shape index (κ3) is 2.74. The van der Waals surface area contributed by atoms with Crippen molar-refractivity contribution in [2.75, 3.05) is 0 Å². The van der Waals surface area contributed by atoms with Gasteiger partial charge in [0.2, 0.25) is 0 Å². The zero-order chi connectivity index (χ0) is 11.5. The second kappa shape index (κ2) is 5.15. The first-order valence-electron chi connectivity index (χ1n) is 5.85. The van der Waals surface area contributed by atoms with Gasteiger partial charge in [-0.15, -0.1) is 6.58 Å². The topological polar surface area (TPSA) is 12.0 Å². The third-order valence-corrected chi connectivity index (χ3v) is 3.74. The summed E-state index contributed by atoms with van der Waals surface area (Å²) in [5.41, 5.74) is 2.99. The Morgan fingerprint density at radius 2 is 2.31 bits per heavy atom. The second-order valence-corrected chi connectivity index (χ2v) is 5.46. The van der Waals surface area contributed by atoms with E-state index in [4.69, 9.17) is 0 Å². The lowest BCUT2D eigenvalue weighted by Crippen LogP contribution is -2.39. The average molecular weight is 280 g/mol. The monoisotopic (exact) mass is 279 g/mol. The number of nitrogens with one attached hydrogen (secondary N) is 1. The van der Waals surface area contributed by atoms with E-state index in [1.54, 1.807) is 0 Å². The maximum Gasteiger partial charge on any atom is 0.0221 e. The van der Waals surface area contributed by atoms with Crippen LogP contribution < -0.4 is 5.32 Å². The van der Waals surface area contributed by atoms with E-state index < -0.39 is 0 Å². The standard InChI is InChI=1S/C14H18BrN/c1-3-10(2)16-14-7-5-11-8-13(15)6-4-12(11)9-14/h3-4,6,8,10,14,16H,1,5,7,9H2,2H3. The molecule has 1 nitrogen and oxygen atoms in total. The Morgan fingerprint density at radius 1 is 1.50 bits per heavy atom. The van der Waals surface area contributed by atoms with Crippen molar-refractivity contribution in [1.82, 2.24) is 5.32 Å². The number of halogens is 1. The van der Waals surface area contributed by atoms with Gasteiger partial charge in [-0.25, -0.2) is 0 Å². The molecule has 0 fully saturated rings. The molecule has 0 spiro atoms. The van der Waals surface area contributed by atoms with Gasteiger partial charge in [0.25, 0.3) is 0 Å². The van der Waals surface area contributed by atoms with Crippen LogP contribution >= 0.6 is 15.9 Å². The van der Waals surface area contributed by atoms with Gasteiger partial charge in [0.15, 0.2) is 0 Å². The molecule has 2 atom stereocenters. The number of hydrogen-bond donors (Lipinski definition) is 1. The zero-order valence-corrected chi connectivity index (χ0v) is 11.3. The number of fused-ring (bicyclic) bond motifs is 1. The molecule has 0 aliphatic heterocycles. The molecule has 1 N–H and O–H groups in total. The highest BCUT2D eigenvalue weighted by atomic mass is 79.9. The van der Waals surface area contributed by atoms with E-state index >= 15 is 0 Å².